The number of rotatable bonds is 4. The zero-order valence-corrected chi connectivity index (χ0v) is 26.8. The molecule has 0 aliphatic rings. The fraction of sp³-hybridized carbons (Fsp3) is 0. The van der Waals surface area contributed by atoms with Crippen molar-refractivity contribution in [3.05, 3.63) is 164 Å². The molecule has 5 heteroatoms. The van der Waals surface area contributed by atoms with E-state index in [4.69, 9.17) is 19.9 Å². The molecule has 232 valence electrons. The van der Waals surface area contributed by atoms with Gasteiger partial charge in [-0.1, -0.05) is 109 Å². The summed E-state index contributed by atoms with van der Waals surface area (Å²) in [5, 5.41) is 6.98. The van der Waals surface area contributed by atoms with Gasteiger partial charge in [-0.05, 0) is 64.0 Å². The predicted octanol–water partition coefficient (Wildman–Crippen LogP) is 11.1. The Morgan fingerprint density at radius 1 is 0.360 bits per heavy atom. The van der Waals surface area contributed by atoms with Crippen LogP contribution in [0.1, 0.15) is 0 Å². The summed E-state index contributed by atoms with van der Waals surface area (Å²) < 4.78 is 0. The first kappa shape index (κ1) is 28.2. The minimum absolute atomic E-state index is 0.806. The molecule has 10 aromatic rings. The summed E-state index contributed by atoms with van der Waals surface area (Å²) in [5.74, 6) is 0. The molecule has 0 aliphatic heterocycles. The summed E-state index contributed by atoms with van der Waals surface area (Å²) in [5.41, 5.74) is 11.0. The summed E-state index contributed by atoms with van der Waals surface area (Å²) in [7, 11) is 0. The molecule has 0 bridgehead atoms. The van der Waals surface area contributed by atoms with Crippen LogP contribution >= 0.6 is 0 Å². The average molecular weight is 638 g/mol. The standard InChI is InChI=1S/C45H27N5/c1-2-10-34-32(8-1)26-37(36-12-4-3-11-35(34)36)39-24-22-31-20-19-30-21-23-38(47-42(30)43(31)48-39)28-15-17-29(18-16-28)44-45(33-9-7-25-46-27-33)50-41-14-6-5-13-40(41)49-44/h1-27H. The van der Waals surface area contributed by atoms with Gasteiger partial charge >= 0.3 is 0 Å². The lowest BCUT2D eigenvalue weighted by Gasteiger charge is -2.12. The number of benzene rings is 6. The molecule has 0 atom stereocenters. The summed E-state index contributed by atoms with van der Waals surface area (Å²) >= 11 is 0. The third-order valence-electron chi connectivity index (χ3n) is 9.52. The first-order valence-electron chi connectivity index (χ1n) is 16.7. The zero-order chi connectivity index (χ0) is 33.0. The monoisotopic (exact) mass is 637 g/mol. The van der Waals surface area contributed by atoms with Crippen LogP contribution in [0.5, 0.6) is 0 Å². The quantitative estimate of drug-likeness (QED) is 0.180. The van der Waals surface area contributed by atoms with Crippen LogP contribution in [0.25, 0.3) is 99.4 Å². The van der Waals surface area contributed by atoms with E-state index < -0.39 is 0 Å². The third kappa shape index (κ3) is 4.67. The van der Waals surface area contributed by atoms with Crippen LogP contribution in [0.3, 0.4) is 0 Å². The second-order valence-corrected chi connectivity index (χ2v) is 12.5. The van der Waals surface area contributed by atoms with Crippen molar-refractivity contribution in [2.24, 2.45) is 0 Å². The number of para-hydroxylation sites is 2. The predicted molar refractivity (Wildman–Crippen MR) is 205 cm³/mol. The first-order chi connectivity index (χ1) is 24.8. The number of aromatic nitrogens is 5. The van der Waals surface area contributed by atoms with E-state index in [-0.39, 0.29) is 0 Å². The van der Waals surface area contributed by atoms with Crippen molar-refractivity contribution in [1.29, 1.82) is 0 Å². The lowest BCUT2D eigenvalue weighted by Crippen LogP contribution is -1.96. The molecule has 50 heavy (non-hydrogen) atoms. The van der Waals surface area contributed by atoms with Crippen LogP contribution in [0.15, 0.2) is 164 Å². The molecule has 4 aromatic heterocycles. The molecular formula is C45H27N5. The Morgan fingerprint density at radius 3 is 1.66 bits per heavy atom. The van der Waals surface area contributed by atoms with E-state index in [1.165, 1.54) is 21.5 Å². The summed E-state index contributed by atoms with van der Waals surface area (Å²) in [6.07, 6.45) is 3.61. The van der Waals surface area contributed by atoms with Gasteiger partial charge in [-0.15, -0.1) is 0 Å². The van der Waals surface area contributed by atoms with Crippen LogP contribution in [-0.2, 0) is 0 Å². The second-order valence-electron chi connectivity index (χ2n) is 12.5. The van der Waals surface area contributed by atoms with Crippen LogP contribution in [0, 0.1) is 0 Å². The molecule has 5 nitrogen and oxygen atoms in total. The van der Waals surface area contributed by atoms with Crippen molar-refractivity contribution in [2.45, 2.75) is 0 Å². The number of nitrogens with zero attached hydrogens (tertiary/aromatic N) is 5. The SMILES string of the molecule is c1cncc(-c2nc3ccccc3nc2-c2ccc(-c3ccc4ccc5ccc(-c6cc7ccccc7c7ccccc67)nc5c4n3)cc2)c1. The highest BCUT2D eigenvalue weighted by Crippen LogP contribution is 2.36. The van der Waals surface area contributed by atoms with Gasteiger partial charge in [0, 0.05) is 45.4 Å². The van der Waals surface area contributed by atoms with E-state index in [2.05, 4.69) is 120 Å². The van der Waals surface area contributed by atoms with Crippen LogP contribution < -0.4 is 0 Å². The van der Waals surface area contributed by atoms with Crippen molar-refractivity contribution in [3.8, 4) is 45.0 Å². The molecule has 0 saturated carbocycles. The Labute approximate surface area is 287 Å². The number of fused-ring (bicyclic) bond motifs is 7. The fourth-order valence-corrected chi connectivity index (χ4v) is 7.05. The van der Waals surface area contributed by atoms with E-state index in [9.17, 15) is 0 Å². The van der Waals surface area contributed by atoms with Gasteiger partial charge in [0.25, 0.3) is 0 Å². The molecule has 4 heterocycles. The number of hydrogen-bond donors (Lipinski definition) is 0. The zero-order valence-electron chi connectivity index (χ0n) is 26.8. The molecule has 0 radical (unpaired) electrons. The van der Waals surface area contributed by atoms with Gasteiger partial charge in [-0.3, -0.25) is 4.98 Å². The molecule has 0 spiro atoms. The van der Waals surface area contributed by atoms with E-state index in [0.29, 0.717) is 0 Å². The highest BCUT2D eigenvalue weighted by Gasteiger charge is 2.15. The smallest absolute Gasteiger partial charge is 0.0988 e. The maximum absolute atomic E-state index is 5.30. The minimum Gasteiger partial charge on any atom is -0.264 e. The van der Waals surface area contributed by atoms with Crippen molar-refractivity contribution in [1.82, 2.24) is 24.9 Å². The fourth-order valence-electron chi connectivity index (χ4n) is 7.05. The van der Waals surface area contributed by atoms with Crippen molar-refractivity contribution < 1.29 is 0 Å². The molecule has 0 unspecified atom stereocenters. The molecule has 0 amide bonds. The van der Waals surface area contributed by atoms with Gasteiger partial charge in [-0.25, -0.2) is 19.9 Å². The van der Waals surface area contributed by atoms with E-state index in [0.717, 1.165) is 77.9 Å². The van der Waals surface area contributed by atoms with Crippen LogP contribution in [0.4, 0.5) is 0 Å². The summed E-state index contributed by atoms with van der Waals surface area (Å²) in [4.78, 5) is 24.9. The van der Waals surface area contributed by atoms with E-state index >= 15 is 0 Å². The third-order valence-corrected chi connectivity index (χ3v) is 9.52. The van der Waals surface area contributed by atoms with Gasteiger partial charge in [0.1, 0.15) is 0 Å². The number of pyridine rings is 3. The molecule has 0 N–H and O–H groups in total. The minimum atomic E-state index is 0.806. The molecule has 0 aliphatic carbocycles. The van der Waals surface area contributed by atoms with Crippen molar-refractivity contribution >= 4 is 54.4 Å². The Morgan fingerprint density at radius 2 is 0.940 bits per heavy atom. The summed E-state index contributed by atoms with van der Waals surface area (Å²) in [6, 6.07) is 52.5. The molecule has 0 fully saturated rings. The van der Waals surface area contributed by atoms with Crippen molar-refractivity contribution in [2.75, 3.05) is 0 Å². The first-order valence-corrected chi connectivity index (χ1v) is 16.7. The van der Waals surface area contributed by atoms with E-state index in [1.54, 1.807) is 6.20 Å². The van der Waals surface area contributed by atoms with Crippen LogP contribution in [0.2, 0.25) is 0 Å². The lowest BCUT2D eigenvalue weighted by molar-refractivity contribution is 1.26. The van der Waals surface area contributed by atoms with Crippen molar-refractivity contribution in [3.63, 3.8) is 0 Å². The van der Waals surface area contributed by atoms with Crippen LogP contribution in [-0.4, -0.2) is 24.9 Å². The molecule has 10 rings (SSSR count). The normalized spacial score (nSPS) is 11.6. The Bertz CT molecular complexity index is 2920. The highest BCUT2D eigenvalue weighted by molar-refractivity contribution is 6.14. The Kier molecular flexibility index (Phi) is 6.42. The number of hydrogen-bond acceptors (Lipinski definition) is 5. The average Bonchev–Trinajstić information content (AvgIpc) is 3.20. The molecule has 0 saturated heterocycles. The van der Waals surface area contributed by atoms with Gasteiger partial charge in [-0.2, -0.15) is 0 Å². The second kappa shape index (κ2) is 11.4. The maximum Gasteiger partial charge on any atom is 0.0988 e. The maximum atomic E-state index is 5.30. The van der Waals surface area contributed by atoms with Gasteiger partial charge in [0.2, 0.25) is 0 Å². The molecule has 6 aromatic carbocycles. The van der Waals surface area contributed by atoms with Gasteiger partial charge in [0.05, 0.1) is 44.8 Å². The largest absolute Gasteiger partial charge is 0.264 e. The molecular weight excluding hydrogens is 611 g/mol. The van der Waals surface area contributed by atoms with Gasteiger partial charge in [0.15, 0.2) is 0 Å². The van der Waals surface area contributed by atoms with Gasteiger partial charge < -0.3 is 0 Å². The highest BCUT2D eigenvalue weighted by atomic mass is 14.8. The Hall–Kier alpha value is -6.85. The lowest BCUT2D eigenvalue weighted by atomic mass is 9.95. The summed E-state index contributed by atoms with van der Waals surface area (Å²) in [6.45, 7) is 0. The van der Waals surface area contributed by atoms with E-state index in [1.807, 2.05) is 42.6 Å². The topological polar surface area (TPSA) is 64.5 Å². The Balaban J connectivity index is 1.09.